The monoisotopic (exact) mass is 268 g/mol. The molecule has 1 aliphatic carbocycles. The Morgan fingerprint density at radius 3 is 2.58 bits per heavy atom. The van der Waals surface area contributed by atoms with Crippen LogP contribution in [0.1, 0.15) is 51.9 Å². The zero-order valence-corrected chi connectivity index (χ0v) is 12.2. The molecule has 4 heteroatoms. The van der Waals surface area contributed by atoms with Gasteiger partial charge in [0, 0.05) is 25.0 Å². The van der Waals surface area contributed by atoms with Crippen molar-refractivity contribution in [2.24, 2.45) is 5.41 Å². The standard InChI is InChI=1S/C15H28N2O2/c1-2-15(7-3-8-15)14(19)16-9-4-10-17-11-5-13(18)6-12-17/h13,18H,2-12H2,1H3,(H,16,19). The molecule has 4 nitrogen and oxygen atoms in total. The van der Waals surface area contributed by atoms with Crippen LogP contribution in [-0.4, -0.2) is 48.2 Å². The van der Waals surface area contributed by atoms with Gasteiger partial charge in [0.15, 0.2) is 0 Å². The molecule has 0 unspecified atom stereocenters. The minimum absolute atomic E-state index is 0.0325. The van der Waals surface area contributed by atoms with Crippen LogP contribution in [0.5, 0.6) is 0 Å². The third-order valence-corrected chi connectivity index (χ3v) is 4.96. The normalized spacial score (nSPS) is 23.9. The maximum Gasteiger partial charge on any atom is 0.226 e. The third kappa shape index (κ3) is 3.69. The van der Waals surface area contributed by atoms with E-state index in [1.807, 2.05) is 0 Å². The molecule has 0 atom stereocenters. The molecule has 0 bridgehead atoms. The van der Waals surface area contributed by atoms with Gasteiger partial charge in [-0.15, -0.1) is 0 Å². The number of aliphatic hydroxyl groups excluding tert-OH is 1. The van der Waals surface area contributed by atoms with Gasteiger partial charge in [-0.2, -0.15) is 0 Å². The summed E-state index contributed by atoms with van der Waals surface area (Å²) < 4.78 is 0. The third-order valence-electron chi connectivity index (χ3n) is 4.96. The average molecular weight is 268 g/mol. The summed E-state index contributed by atoms with van der Waals surface area (Å²) in [6, 6.07) is 0. The van der Waals surface area contributed by atoms with E-state index in [-0.39, 0.29) is 17.4 Å². The molecule has 1 amide bonds. The van der Waals surface area contributed by atoms with Crippen LogP contribution in [-0.2, 0) is 4.79 Å². The zero-order chi connectivity index (χ0) is 13.7. The highest BCUT2D eigenvalue weighted by Gasteiger charge is 2.41. The first-order chi connectivity index (χ1) is 9.16. The van der Waals surface area contributed by atoms with Crippen LogP contribution in [0.3, 0.4) is 0 Å². The molecule has 19 heavy (non-hydrogen) atoms. The quantitative estimate of drug-likeness (QED) is 0.718. The molecule has 2 rings (SSSR count). The van der Waals surface area contributed by atoms with E-state index in [2.05, 4.69) is 17.1 Å². The molecule has 1 saturated carbocycles. The maximum atomic E-state index is 12.1. The molecular formula is C15H28N2O2. The molecule has 2 N–H and O–H groups in total. The summed E-state index contributed by atoms with van der Waals surface area (Å²) in [5.74, 6) is 0.273. The Morgan fingerprint density at radius 2 is 2.05 bits per heavy atom. The number of hydrogen-bond donors (Lipinski definition) is 2. The molecule has 2 aliphatic rings. The number of likely N-dealkylation sites (tertiary alicyclic amines) is 1. The highest BCUT2D eigenvalue weighted by Crippen LogP contribution is 2.43. The lowest BCUT2D eigenvalue weighted by atomic mass is 9.66. The Hall–Kier alpha value is -0.610. The van der Waals surface area contributed by atoms with E-state index in [4.69, 9.17) is 0 Å². The minimum atomic E-state index is -0.0982. The fraction of sp³-hybridized carbons (Fsp3) is 0.933. The Balaban J connectivity index is 1.58. The Morgan fingerprint density at radius 1 is 1.37 bits per heavy atom. The summed E-state index contributed by atoms with van der Waals surface area (Å²) in [7, 11) is 0. The lowest BCUT2D eigenvalue weighted by molar-refractivity contribution is -0.136. The van der Waals surface area contributed by atoms with Crippen molar-refractivity contribution in [2.45, 2.75) is 58.0 Å². The molecule has 2 fully saturated rings. The fourth-order valence-electron chi connectivity index (χ4n) is 3.18. The summed E-state index contributed by atoms with van der Waals surface area (Å²) in [6.07, 6.45) is 7.02. The first-order valence-electron chi connectivity index (χ1n) is 7.85. The van der Waals surface area contributed by atoms with Crippen LogP contribution in [0.25, 0.3) is 0 Å². The summed E-state index contributed by atoms with van der Waals surface area (Å²) in [6.45, 7) is 5.94. The minimum Gasteiger partial charge on any atom is -0.393 e. The van der Waals surface area contributed by atoms with Gasteiger partial charge in [-0.25, -0.2) is 0 Å². The number of nitrogens with one attached hydrogen (secondary N) is 1. The van der Waals surface area contributed by atoms with Gasteiger partial charge in [0.25, 0.3) is 0 Å². The van der Waals surface area contributed by atoms with Crippen LogP contribution < -0.4 is 5.32 Å². The molecule has 110 valence electrons. The van der Waals surface area contributed by atoms with Crippen molar-refractivity contribution in [2.75, 3.05) is 26.2 Å². The van der Waals surface area contributed by atoms with E-state index in [1.165, 1.54) is 6.42 Å². The van der Waals surface area contributed by atoms with Crippen molar-refractivity contribution in [3.63, 3.8) is 0 Å². The van der Waals surface area contributed by atoms with Crippen LogP contribution in [0.4, 0.5) is 0 Å². The van der Waals surface area contributed by atoms with E-state index in [9.17, 15) is 9.90 Å². The second-order valence-corrected chi connectivity index (χ2v) is 6.17. The largest absolute Gasteiger partial charge is 0.393 e. The van der Waals surface area contributed by atoms with E-state index < -0.39 is 0 Å². The van der Waals surface area contributed by atoms with Crippen molar-refractivity contribution in [1.29, 1.82) is 0 Å². The van der Waals surface area contributed by atoms with Crippen LogP contribution >= 0.6 is 0 Å². The van der Waals surface area contributed by atoms with Gasteiger partial charge in [0.2, 0.25) is 5.91 Å². The molecule has 0 aromatic heterocycles. The SMILES string of the molecule is CCC1(C(=O)NCCCN2CCC(O)CC2)CCC1. The molecule has 0 aromatic rings. The second kappa shape index (κ2) is 6.71. The molecule has 1 saturated heterocycles. The maximum absolute atomic E-state index is 12.1. The Labute approximate surface area is 116 Å². The highest BCUT2D eigenvalue weighted by atomic mass is 16.3. The van der Waals surface area contributed by atoms with Crippen LogP contribution in [0.2, 0.25) is 0 Å². The average Bonchev–Trinajstić information content (AvgIpc) is 2.36. The Bertz CT molecular complexity index is 289. The van der Waals surface area contributed by atoms with Gasteiger partial charge < -0.3 is 15.3 Å². The van der Waals surface area contributed by atoms with Crippen molar-refractivity contribution in [3.05, 3.63) is 0 Å². The van der Waals surface area contributed by atoms with Gasteiger partial charge in [-0.05, 0) is 45.1 Å². The molecule has 0 spiro atoms. The van der Waals surface area contributed by atoms with Crippen LogP contribution in [0, 0.1) is 5.41 Å². The van der Waals surface area contributed by atoms with Gasteiger partial charge in [0.05, 0.1) is 6.10 Å². The van der Waals surface area contributed by atoms with Crippen molar-refractivity contribution < 1.29 is 9.90 Å². The summed E-state index contributed by atoms with van der Waals surface area (Å²) in [5, 5.41) is 12.5. The van der Waals surface area contributed by atoms with Gasteiger partial charge >= 0.3 is 0 Å². The smallest absolute Gasteiger partial charge is 0.226 e. The second-order valence-electron chi connectivity index (χ2n) is 6.17. The number of nitrogens with zero attached hydrogens (tertiary/aromatic N) is 1. The molecule has 1 heterocycles. The lowest BCUT2D eigenvalue weighted by Crippen LogP contribution is -2.46. The van der Waals surface area contributed by atoms with Crippen molar-refractivity contribution in [3.8, 4) is 0 Å². The molecule has 0 radical (unpaired) electrons. The molecular weight excluding hydrogens is 240 g/mol. The predicted molar refractivity (Wildman–Crippen MR) is 75.9 cm³/mol. The summed E-state index contributed by atoms with van der Waals surface area (Å²) >= 11 is 0. The molecule has 1 aliphatic heterocycles. The Kier molecular flexibility index (Phi) is 5.22. The molecule has 0 aromatic carbocycles. The summed E-state index contributed by atoms with van der Waals surface area (Å²) in [5.41, 5.74) is -0.0325. The van der Waals surface area contributed by atoms with Gasteiger partial charge in [-0.1, -0.05) is 13.3 Å². The first-order valence-corrected chi connectivity index (χ1v) is 7.85. The number of rotatable bonds is 6. The first kappa shape index (κ1) is 14.8. The van der Waals surface area contributed by atoms with E-state index in [1.54, 1.807) is 0 Å². The zero-order valence-electron chi connectivity index (χ0n) is 12.2. The van der Waals surface area contributed by atoms with Crippen molar-refractivity contribution in [1.82, 2.24) is 10.2 Å². The van der Waals surface area contributed by atoms with Gasteiger partial charge in [0.1, 0.15) is 0 Å². The number of amides is 1. The highest BCUT2D eigenvalue weighted by molar-refractivity contribution is 5.83. The summed E-state index contributed by atoms with van der Waals surface area (Å²) in [4.78, 5) is 14.5. The van der Waals surface area contributed by atoms with Gasteiger partial charge in [-0.3, -0.25) is 4.79 Å². The van der Waals surface area contributed by atoms with Crippen LogP contribution in [0.15, 0.2) is 0 Å². The number of aliphatic hydroxyl groups is 1. The van der Waals surface area contributed by atoms with E-state index in [0.717, 1.165) is 64.7 Å². The lowest BCUT2D eigenvalue weighted by Gasteiger charge is -2.39. The number of piperidine rings is 1. The van der Waals surface area contributed by atoms with E-state index in [0.29, 0.717) is 0 Å². The topological polar surface area (TPSA) is 52.6 Å². The predicted octanol–water partition coefficient (Wildman–Crippen LogP) is 1.53. The fourth-order valence-corrected chi connectivity index (χ4v) is 3.18. The number of carbonyl (C=O) groups is 1. The number of hydrogen-bond acceptors (Lipinski definition) is 3. The van der Waals surface area contributed by atoms with E-state index >= 15 is 0 Å². The number of carbonyl (C=O) groups excluding carboxylic acids is 1. The van der Waals surface area contributed by atoms with Crippen molar-refractivity contribution >= 4 is 5.91 Å².